The molecule has 2 heterocycles. The number of furan rings is 1. The maximum Gasteiger partial charge on any atom is 0.266 e. The fraction of sp³-hybridized carbons (Fsp3) is 0.0500. The highest BCUT2D eigenvalue weighted by Crippen LogP contribution is 2.33. The molecule has 0 saturated heterocycles. The first kappa shape index (κ1) is 19.2. The molecule has 4 aromatic rings. The van der Waals surface area contributed by atoms with Crippen molar-refractivity contribution in [3.63, 3.8) is 0 Å². The second-order valence-corrected chi connectivity index (χ2v) is 8.37. The van der Waals surface area contributed by atoms with Crippen molar-refractivity contribution in [1.29, 1.82) is 0 Å². The molecule has 29 heavy (non-hydrogen) atoms. The Morgan fingerprint density at radius 1 is 1.03 bits per heavy atom. The molecule has 148 valence electrons. The molecule has 2 aromatic heterocycles. The fourth-order valence-corrected chi connectivity index (χ4v) is 4.02. The number of halogens is 2. The molecule has 0 atom stereocenters. The summed E-state index contributed by atoms with van der Waals surface area (Å²) in [6, 6.07) is 14.8. The summed E-state index contributed by atoms with van der Waals surface area (Å²) in [5.74, 6) is -0.105. The van der Waals surface area contributed by atoms with Gasteiger partial charge in [0.25, 0.3) is 5.89 Å². The summed E-state index contributed by atoms with van der Waals surface area (Å²) in [7, 11) is -4.00. The highest BCUT2D eigenvalue weighted by molar-refractivity contribution is 7.91. The van der Waals surface area contributed by atoms with Crippen molar-refractivity contribution in [2.24, 2.45) is 0 Å². The van der Waals surface area contributed by atoms with Crippen molar-refractivity contribution in [2.75, 3.05) is 5.32 Å². The standard InChI is InChI=1S/C20H14ClFN2O4S/c21-14-5-9-16(10-6-14)29(25,26)20-19(23-12-13-3-7-15(22)8-4-13)28-18(24-20)17-2-1-11-27-17/h1-11,23H,12H2. The van der Waals surface area contributed by atoms with E-state index < -0.39 is 9.84 Å². The molecule has 0 saturated carbocycles. The number of hydrogen-bond donors (Lipinski definition) is 1. The lowest BCUT2D eigenvalue weighted by molar-refractivity contribution is 0.522. The number of benzene rings is 2. The predicted molar refractivity (Wildman–Crippen MR) is 105 cm³/mol. The van der Waals surface area contributed by atoms with Crippen LogP contribution < -0.4 is 5.32 Å². The molecule has 9 heteroatoms. The van der Waals surface area contributed by atoms with Gasteiger partial charge in [0.05, 0.1) is 11.2 Å². The van der Waals surface area contributed by atoms with Crippen LogP contribution in [0.3, 0.4) is 0 Å². The van der Waals surface area contributed by atoms with Gasteiger partial charge in [0.1, 0.15) is 5.82 Å². The van der Waals surface area contributed by atoms with Gasteiger partial charge in [0.15, 0.2) is 5.76 Å². The van der Waals surface area contributed by atoms with Gasteiger partial charge in [-0.05, 0) is 54.1 Å². The van der Waals surface area contributed by atoms with Gasteiger partial charge in [0.2, 0.25) is 20.7 Å². The highest BCUT2D eigenvalue weighted by atomic mass is 35.5. The summed E-state index contributed by atoms with van der Waals surface area (Å²) < 4.78 is 50.2. The van der Waals surface area contributed by atoms with Crippen LogP contribution in [0.5, 0.6) is 0 Å². The Bertz CT molecular complexity index is 1220. The number of rotatable bonds is 6. The predicted octanol–water partition coefficient (Wildman–Crippen LogP) is 5.17. The third kappa shape index (κ3) is 4.03. The summed E-state index contributed by atoms with van der Waals surface area (Å²) >= 11 is 5.86. The van der Waals surface area contributed by atoms with Gasteiger partial charge in [-0.1, -0.05) is 23.7 Å². The second kappa shape index (κ2) is 7.73. The lowest BCUT2D eigenvalue weighted by Crippen LogP contribution is -2.07. The van der Waals surface area contributed by atoms with E-state index >= 15 is 0 Å². The smallest absolute Gasteiger partial charge is 0.266 e. The fourth-order valence-electron chi connectivity index (χ4n) is 2.62. The average molecular weight is 433 g/mol. The molecule has 0 aliphatic heterocycles. The Balaban J connectivity index is 1.73. The zero-order chi connectivity index (χ0) is 20.4. The zero-order valence-electron chi connectivity index (χ0n) is 14.8. The Kier molecular flexibility index (Phi) is 5.12. The van der Waals surface area contributed by atoms with E-state index in [4.69, 9.17) is 20.4 Å². The van der Waals surface area contributed by atoms with Crippen molar-refractivity contribution in [1.82, 2.24) is 4.98 Å². The SMILES string of the molecule is O=S(=O)(c1ccc(Cl)cc1)c1nc(-c2ccco2)oc1NCc1ccc(F)cc1. The van der Waals surface area contributed by atoms with Crippen molar-refractivity contribution in [3.05, 3.63) is 83.3 Å². The molecule has 0 unspecified atom stereocenters. The first-order chi connectivity index (χ1) is 13.9. The minimum Gasteiger partial charge on any atom is -0.459 e. The number of anilines is 1. The summed E-state index contributed by atoms with van der Waals surface area (Å²) in [6.07, 6.45) is 1.43. The molecular weight excluding hydrogens is 419 g/mol. The van der Waals surface area contributed by atoms with Crippen molar-refractivity contribution >= 4 is 27.3 Å². The van der Waals surface area contributed by atoms with Crippen molar-refractivity contribution in [3.8, 4) is 11.7 Å². The van der Waals surface area contributed by atoms with Crippen LogP contribution in [0, 0.1) is 5.82 Å². The van der Waals surface area contributed by atoms with E-state index in [-0.39, 0.29) is 39.8 Å². The van der Waals surface area contributed by atoms with E-state index in [2.05, 4.69) is 10.3 Å². The van der Waals surface area contributed by atoms with E-state index in [0.717, 1.165) is 5.56 Å². The molecule has 0 amide bonds. The highest BCUT2D eigenvalue weighted by Gasteiger charge is 2.29. The summed E-state index contributed by atoms with van der Waals surface area (Å²) in [4.78, 5) is 4.17. The van der Waals surface area contributed by atoms with Crippen LogP contribution in [0.1, 0.15) is 5.56 Å². The van der Waals surface area contributed by atoms with Gasteiger partial charge in [-0.25, -0.2) is 12.8 Å². The summed E-state index contributed by atoms with van der Waals surface area (Å²) in [5.41, 5.74) is 0.734. The van der Waals surface area contributed by atoms with E-state index in [1.807, 2.05) is 0 Å². The lowest BCUT2D eigenvalue weighted by atomic mass is 10.2. The molecule has 0 fully saturated rings. The van der Waals surface area contributed by atoms with Crippen LogP contribution in [0.2, 0.25) is 5.02 Å². The van der Waals surface area contributed by atoms with E-state index in [1.54, 1.807) is 24.3 Å². The molecule has 0 aliphatic carbocycles. The van der Waals surface area contributed by atoms with Gasteiger partial charge < -0.3 is 14.2 Å². The molecule has 2 aromatic carbocycles. The van der Waals surface area contributed by atoms with Gasteiger partial charge in [-0.3, -0.25) is 0 Å². The number of nitrogens with one attached hydrogen (secondary N) is 1. The van der Waals surface area contributed by atoms with E-state index in [9.17, 15) is 12.8 Å². The summed E-state index contributed by atoms with van der Waals surface area (Å²) in [5, 5.41) is 3.05. The van der Waals surface area contributed by atoms with Gasteiger partial charge in [0, 0.05) is 11.6 Å². The Morgan fingerprint density at radius 3 is 2.41 bits per heavy atom. The van der Waals surface area contributed by atoms with Crippen LogP contribution in [0.25, 0.3) is 11.7 Å². The Morgan fingerprint density at radius 2 is 1.76 bits per heavy atom. The van der Waals surface area contributed by atoms with Gasteiger partial charge >= 0.3 is 0 Å². The molecule has 0 spiro atoms. The van der Waals surface area contributed by atoms with Crippen LogP contribution >= 0.6 is 11.6 Å². The van der Waals surface area contributed by atoms with E-state index in [0.29, 0.717) is 5.02 Å². The minimum atomic E-state index is -4.00. The third-order valence-corrected chi connectivity index (χ3v) is 6.00. The van der Waals surface area contributed by atoms with Crippen molar-refractivity contribution in [2.45, 2.75) is 16.5 Å². The molecular formula is C20H14ClFN2O4S. The topological polar surface area (TPSA) is 85.3 Å². The maximum absolute atomic E-state index is 13.1. The third-order valence-electron chi connectivity index (χ3n) is 4.07. The minimum absolute atomic E-state index is 0.0177. The van der Waals surface area contributed by atoms with Crippen molar-refractivity contribution < 1.29 is 21.6 Å². The number of aromatic nitrogens is 1. The first-order valence-electron chi connectivity index (χ1n) is 8.47. The quantitative estimate of drug-likeness (QED) is 0.452. The van der Waals surface area contributed by atoms with Crippen LogP contribution in [0.4, 0.5) is 10.3 Å². The maximum atomic E-state index is 13.1. The average Bonchev–Trinajstić information content (AvgIpc) is 3.38. The normalized spacial score (nSPS) is 11.5. The number of hydrogen-bond acceptors (Lipinski definition) is 6. The monoisotopic (exact) mass is 432 g/mol. The molecule has 0 radical (unpaired) electrons. The van der Waals surface area contributed by atoms with Gasteiger partial charge in [-0.2, -0.15) is 4.98 Å². The number of nitrogens with zero attached hydrogens (tertiary/aromatic N) is 1. The second-order valence-electron chi connectivity index (χ2n) is 6.07. The molecule has 0 aliphatic rings. The molecule has 1 N–H and O–H groups in total. The zero-order valence-corrected chi connectivity index (χ0v) is 16.4. The largest absolute Gasteiger partial charge is 0.459 e. The number of sulfone groups is 1. The molecule has 6 nitrogen and oxygen atoms in total. The van der Waals surface area contributed by atoms with Gasteiger partial charge in [-0.15, -0.1) is 0 Å². The van der Waals surface area contributed by atoms with Crippen LogP contribution in [-0.2, 0) is 16.4 Å². The molecule has 0 bridgehead atoms. The van der Waals surface area contributed by atoms with Crippen LogP contribution in [0.15, 0.2) is 85.7 Å². The Hall–Kier alpha value is -3.10. The number of oxazole rings is 1. The van der Waals surface area contributed by atoms with Crippen LogP contribution in [-0.4, -0.2) is 13.4 Å². The molecule has 4 rings (SSSR count). The lowest BCUT2D eigenvalue weighted by Gasteiger charge is -2.06. The first-order valence-corrected chi connectivity index (χ1v) is 10.3. The summed E-state index contributed by atoms with van der Waals surface area (Å²) in [6.45, 7) is 0.205. The Labute approximate surface area is 170 Å². The van der Waals surface area contributed by atoms with E-state index in [1.165, 1.54) is 42.7 Å².